The second kappa shape index (κ2) is 9.61. The molecule has 36 heavy (non-hydrogen) atoms. The monoisotopic (exact) mass is 537 g/mol. The topological polar surface area (TPSA) is 44.0 Å². The van der Waals surface area contributed by atoms with Crippen molar-refractivity contribution in [2.75, 3.05) is 31.6 Å². The van der Waals surface area contributed by atoms with Crippen LogP contribution in [-0.2, 0) is 26.2 Å². The zero-order chi connectivity index (χ0) is 25.6. The number of aromatic amines is 1. The lowest BCUT2D eigenvalue weighted by Crippen LogP contribution is -2.47. The molecule has 0 aliphatic carbocycles. The van der Waals surface area contributed by atoms with Crippen LogP contribution in [0.25, 0.3) is 10.9 Å². The molecule has 0 radical (unpaired) electrons. The van der Waals surface area contributed by atoms with E-state index in [1.54, 1.807) is 11.9 Å². The first-order chi connectivity index (χ1) is 17.1. The summed E-state index contributed by atoms with van der Waals surface area (Å²) in [6, 6.07) is 8.72. The van der Waals surface area contributed by atoms with Crippen molar-refractivity contribution in [2.45, 2.75) is 25.2 Å². The molecule has 11 heteroatoms. The lowest BCUT2D eigenvalue weighted by atomic mass is 9.97. The van der Waals surface area contributed by atoms with E-state index in [0.717, 1.165) is 36.1 Å². The van der Waals surface area contributed by atoms with E-state index >= 15 is 0 Å². The fourth-order valence-corrected chi connectivity index (χ4v) is 5.29. The van der Waals surface area contributed by atoms with Gasteiger partial charge in [-0.1, -0.05) is 23.2 Å². The van der Waals surface area contributed by atoms with Crippen LogP contribution >= 0.6 is 23.2 Å². The molecule has 0 saturated heterocycles. The Bertz CT molecular complexity index is 1400. The van der Waals surface area contributed by atoms with Gasteiger partial charge in [0, 0.05) is 48.3 Å². The number of nitrogens with zero attached hydrogens (tertiary/aromatic N) is 5. The molecule has 6 nitrogen and oxygen atoms in total. The number of H-pyrrole nitrogens is 1. The molecule has 0 amide bonds. The van der Waals surface area contributed by atoms with Crippen LogP contribution in [0.4, 0.5) is 19.0 Å². The number of halogens is 5. The molecular formula is C25H26Cl2F3N6+. The van der Waals surface area contributed by atoms with Crippen molar-refractivity contribution < 1.29 is 17.7 Å². The molecule has 1 aliphatic rings. The first-order valence-corrected chi connectivity index (χ1v) is 12.4. The van der Waals surface area contributed by atoms with Crippen LogP contribution in [0.2, 0.25) is 10.0 Å². The van der Waals surface area contributed by atoms with Crippen molar-refractivity contribution in [1.29, 1.82) is 0 Å². The van der Waals surface area contributed by atoms with E-state index in [1.807, 2.05) is 48.5 Å². The zero-order valence-corrected chi connectivity index (χ0v) is 21.4. The molecule has 5 rings (SSSR count). The van der Waals surface area contributed by atoms with Crippen LogP contribution in [0.15, 0.2) is 49.1 Å². The summed E-state index contributed by atoms with van der Waals surface area (Å²) in [5.74, 6) is 0.235. The summed E-state index contributed by atoms with van der Waals surface area (Å²) >= 11 is 12.0. The second-order valence-corrected chi connectivity index (χ2v) is 10.0. The molecule has 4 heterocycles. The van der Waals surface area contributed by atoms with Crippen LogP contribution in [0.5, 0.6) is 0 Å². The van der Waals surface area contributed by atoms with Crippen LogP contribution in [0.3, 0.4) is 0 Å². The Balaban J connectivity index is 1.41. The Kier molecular flexibility index (Phi) is 6.65. The molecule has 1 aromatic carbocycles. The number of rotatable bonds is 6. The number of hydrogen-bond acceptors (Lipinski definition) is 3. The third-order valence-electron chi connectivity index (χ3n) is 6.75. The highest BCUT2D eigenvalue weighted by atomic mass is 35.5. The highest BCUT2D eigenvalue weighted by molar-refractivity contribution is 6.31. The fourth-order valence-electron chi connectivity index (χ4n) is 4.91. The van der Waals surface area contributed by atoms with Gasteiger partial charge in [0.2, 0.25) is 6.33 Å². The molecule has 0 saturated carbocycles. The normalized spacial score (nSPS) is 16.5. The van der Waals surface area contributed by atoms with E-state index in [2.05, 4.69) is 19.4 Å². The van der Waals surface area contributed by atoms with Gasteiger partial charge >= 0.3 is 6.18 Å². The third-order valence-corrected chi connectivity index (χ3v) is 7.29. The molecular weight excluding hydrogens is 512 g/mol. The van der Waals surface area contributed by atoms with Gasteiger partial charge in [0.25, 0.3) is 0 Å². The van der Waals surface area contributed by atoms with Crippen molar-refractivity contribution in [2.24, 2.45) is 7.05 Å². The van der Waals surface area contributed by atoms with Gasteiger partial charge in [-0.05, 0) is 42.3 Å². The van der Waals surface area contributed by atoms with Gasteiger partial charge in [0.1, 0.15) is 24.8 Å². The summed E-state index contributed by atoms with van der Waals surface area (Å²) < 4.78 is 44.0. The predicted molar refractivity (Wildman–Crippen MR) is 134 cm³/mol. The SMILES string of the molecule is CN(CCN1CCc2c([nH]c3ccc(Cl)cc23)C1C[n+]1ccn(C)c1)c1ccc(Cl)c(C(F)(F)F)n1. The molecule has 190 valence electrons. The molecule has 3 aromatic heterocycles. The molecule has 1 atom stereocenters. The summed E-state index contributed by atoms with van der Waals surface area (Å²) in [4.78, 5) is 11.5. The van der Waals surface area contributed by atoms with Crippen molar-refractivity contribution in [3.8, 4) is 0 Å². The minimum atomic E-state index is -4.60. The summed E-state index contributed by atoms with van der Waals surface area (Å²) in [6.45, 7) is 2.70. The number of alkyl halides is 3. The van der Waals surface area contributed by atoms with Crippen molar-refractivity contribution in [3.63, 3.8) is 0 Å². The number of imidazole rings is 1. The van der Waals surface area contributed by atoms with Crippen LogP contribution in [0, 0.1) is 0 Å². The summed E-state index contributed by atoms with van der Waals surface area (Å²) in [5.41, 5.74) is 2.41. The number of likely N-dealkylation sites (N-methyl/N-ethyl adjacent to an activating group) is 1. The maximum atomic E-state index is 13.3. The summed E-state index contributed by atoms with van der Waals surface area (Å²) in [7, 11) is 3.73. The maximum absolute atomic E-state index is 13.3. The summed E-state index contributed by atoms with van der Waals surface area (Å²) in [5, 5.41) is 1.44. The summed E-state index contributed by atoms with van der Waals surface area (Å²) in [6.07, 6.45) is 2.32. The molecule has 4 aromatic rings. The van der Waals surface area contributed by atoms with Crippen molar-refractivity contribution in [3.05, 3.63) is 76.0 Å². The zero-order valence-electron chi connectivity index (χ0n) is 19.9. The van der Waals surface area contributed by atoms with Gasteiger partial charge in [-0.15, -0.1) is 0 Å². The average Bonchev–Trinajstić information content (AvgIpc) is 3.40. The Labute approximate surface area is 216 Å². The first-order valence-electron chi connectivity index (χ1n) is 11.6. The number of benzene rings is 1. The fraction of sp³-hybridized carbons (Fsp3) is 0.360. The molecule has 1 unspecified atom stereocenters. The number of fused-ring (bicyclic) bond motifs is 3. The van der Waals surface area contributed by atoms with Crippen LogP contribution < -0.4 is 9.47 Å². The lowest BCUT2D eigenvalue weighted by molar-refractivity contribution is -0.702. The van der Waals surface area contributed by atoms with Gasteiger partial charge in [-0.3, -0.25) is 4.90 Å². The standard InChI is InChI=1S/C25H26Cl2F3N6/c1-33-9-11-35(15-33)14-21-23-17(18-13-16(26)3-5-20(18)31-23)7-8-36(21)12-10-34(2)22-6-4-19(27)24(32-22)25(28,29)30/h3-6,9,11,13,15,21,31H,7-8,10,12,14H2,1-2H3/q+1. The quantitative estimate of drug-likeness (QED) is 0.341. The van der Waals surface area contributed by atoms with Gasteiger partial charge < -0.3 is 9.88 Å². The first kappa shape index (κ1) is 24.9. The Morgan fingerprint density at radius 3 is 2.75 bits per heavy atom. The van der Waals surface area contributed by atoms with Crippen LogP contribution in [-0.4, -0.2) is 46.1 Å². The number of anilines is 1. The van der Waals surface area contributed by atoms with E-state index in [4.69, 9.17) is 23.2 Å². The van der Waals surface area contributed by atoms with E-state index < -0.39 is 16.9 Å². The largest absolute Gasteiger partial charge is 0.434 e. The Hall–Kier alpha value is -2.75. The van der Waals surface area contributed by atoms with E-state index in [9.17, 15) is 13.2 Å². The maximum Gasteiger partial charge on any atom is 0.434 e. The number of pyridine rings is 1. The van der Waals surface area contributed by atoms with Gasteiger partial charge in [-0.25, -0.2) is 14.1 Å². The van der Waals surface area contributed by atoms with Crippen molar-refractivity contribution >= 4 is 39.9 Å². The number of nitrogens with one attached hydrogen (secondary N) is 1. The number of hydrogen-bond donors (Lipinski definition) is 1. The third kappa shape index (κ3) is 4.92. The molecule has 0 fully saturated rings. The average molecular weight is 538 g/mol. The molecule has 0 bridgehead atoms. The van der Waals surface area contributed by atoms with Gasteiger partial charge in [-0.2, -0.15) is 13.2 Å². The van der Waals surface area contributed by atoms with Gasteiger partial charge in [0.15, 0.2) is 5.69 Å². The Morgan fingerprint density at radius 1 is 1.22 bits per heavy atom. The minimum absolute atomic E-state index is 0.0599. The Morgan fingerprint density at radius 2 is 2.03 bits per heavy atom. The van der Waals surface area contributed by atoms with E-state index in [1.165, 1.54) is 17.7 Å². The lowest BCUT2D eigenvalue weighted by Gasteiger charge is -2.36. The highest BCUT2D eigenvalue weighted by Gasteiger charge is 2.36. The van der Waals surface area contributed by atoms with Crippen LogP contribution in [0.1, 0.15) is 23.0 Å². The molecule has 1 N–H and O–H groups in total. The second-order valence-electron chi connectivity index (χ2n) is 9.20. The number of aryl methyl sites for hydroxylation is 1. The number of aromatic nitrogens is 4. The smallest absolute Gasteiger partial charge is 0.358 e. The van der Waals surface area contributed by atoms with Gasteiger partial charge in [0.05, 0.1) is 18.1 Å². The van der Waals surface area contributed by atoms with Crippen molar-refractivity contribution in [1.82, 2.24) is 19.4 Å². The highest BCUT2D eigenvalue weighted by Crippen LogP contribution is 2.36. The molecule has 0 spiro atoms. The molecule has 1 aliphatic heterocycles. The van der Waals surface area contributed by atoms with E-state index in [-0.39, 0.29) is 11.9 Å². The predicted octanol–water partition coefficient (Wildman–Crippen LogP) is 5.25. The van der Waals surface area contributed by atoms with E-state index in [0.29, 0.717) is 18.1 Å². The minimum Gasteiger partial charge on any atom is -0.358 e.